The average Bonchev–Trinajstić information content (AvgIpc) is 3.32. The summed E-state index contributed by atoms with van der Waals surface area (Å²) in [6.07, 6.45) is 0.793. The molecule has 2 aliphatic heterocycles. The zero-order chi connectivity index (χ0) is 25.5. The minimum Gasteiger partial charge on any atom is -0.457 e. The van der Waals surface area contributed by atoms with Crippen LogP contribution in [0.2, 0.25) is 0 Å². The molecule has 0 spiro atoms. The van der Waals surface area contributed by atoms with Gasteiger partial charge in [0, 0.05) is 49.9 Å². The number of ether oxygens (including phenoxy) is 2. The van der Waals surface area contributed by atoms with Crippen molar-refractivity contribution >= 4 is 17.7 Å². The SMILES string of the molecule is O=C1OCc2ccc(NC(=O)N(CCC(c3ccccc3)c3ccccc3)CCN3CCOCC3)cc21. The number of nitrogens with zero attached hydrogens (tertiary/aromatic N) is 2. The second-order valence-electron chi connectivity index (χ2n) is 9.48. The number of urea groups is 1. The Morgan fingerprint density at radius 1 is 0.919 bits per heavy atom. The van der Waals surface area contributed by atoms with Crippen LogP contribution in [0.1, 0.15) is 39.4 Å². The van der Waals surface area contributed by atoms with Gasteiger partial charge in [0.05, 0.1) is 18.8 Å². The third-order valence-electron chi connectivity index (χ3n) is 7.11. The lowest BCUT2D eigenvalue weighted by Gasteiger charge is -2.31. The molecule has 192 valence electrons. The summed E-state index contributed by atoms with van der Waals surface area (Å²) >= 11 is 0. The zero-order valence-corrected chi connectivity index (χ0v) is 21.0. The topological polar surface area (TPSA) is 71.1 Å². The van der Waals surface area contributed by atoms with Gasteiger partial charge in [-0.2, -0.15) is 0 Å². The zero-order valence-electron chi connectivity index (χ0n) is 21.0. The van der Waals surface area contributed by atoms with E-state index in [1.807, 2.05) is 29.2 Å². The molecule has 0 saturated carbocycles. The van der Waals surface area contributed by atoms with Crippen molar-refractivity contribution < 1.29 is 19.1 Å². The predicted octanol–water partition coefficient (Wildman–Crippen LogP) is 4.75. The molecule has 2 aliphatic rings. The van der Waals surface area contributed by atoms with Gasteiger partial charge in [0.2, 0.25) is 0 Å². The summed E-state index contributed by atoms with van der Waals surface area (Å²) in [6.45, 7) is 5.47. The smallest absolute Gasteiger partial charge is 0.338 e. The molecule has 3 aromatic carbocycles. The van der Waals surface area contributed by atoms with E-state index in [2.05, 4.69) is 58.7 Å². The molecule has 7 nitrogen and oxygen atoms in total. The van der Waals surface area contributed by atoms with Crippen molar-refractivity contribution in [1.82, 2.24) is 9.80 Å². The number of morpholine rings is 1. The molecule has 1 saturated heterocycles. The van der Waals surface area contributed by atoms with Gasteiger partial charge in [0.15, 0.2) is 0 Å². The number of fused-ring (bicyclic) bond motifs is 1. The minimum absolute atomic E-state index is 0.167. The number of amides is 2. The lowest BCUT2D eigenvalue weighted by atomic mass is 9.88. The Labute approximate surface area is 218 Å². The summed E-state index contributed by atoms with van der Waals surface area (Å²) in [6, 6.07) is 26.1. The Morgan fingerprint density at radius 3 is 2.27 bits per heavy atom. The highest BCUT2D eigenvalue weighted by Gasteiger charge is 2.24. The van der Waals surface area contributed by atoms with Crippen molar-refractivity contribution in [2.45, 2.75) is 18.9 Å². The van der Waals surface area contributed by atoms with Crippen molar-refractivity contribution in [2.24, 2.45) is 0 Å². The maximum atomic E-state index is 13.5. The van der Waals surface area contributed by atoms with Crippen molar-refractivity contribution in [2.75, 3.05) is 51.3 Å². The molecular formula is C30H33N3O4. The van der Waals surface area contributed by atoms with E-state index in [0.717, 1.165) is 44.8 Å². The third-order valence-corrected chi connectivity index (χ3v) is 7.11. The Balaban J connectivity index is 1.32. The van der Waals surface area contributed by atoms with Crippen molar-refractivity contribution in [1.29, 1.82) is 0 Å². The number of benzene rings is 3. The molecule has 1 fully saturated rings. The van der Waals surface area contributed by atoms with Crippen LogP contribution in [0.4, 0.5) is 10.5 Å². The molecule has 0 aromatic heterocycles. The summed E-state index contributed by atoms with van der Waals surface area (Å²) < 4.78 is 10.6. The molecular weight excluding hydrogens is 466 g/mol. The molecule has 0 unspecified atom stereocenters. The van der Waals surface area contributed by atoms with Crippen LogP contribution in [0.15, 0.2) is 78.9 Å². The van der Waals surface area contributed by atoms with Crippen LogP contribution in [0.5, 0.6) is 0 Å². The summed E-state index contributed by atoms with van der Waals surface area (Å²) in [5.41, 5.74) is 4.44. The predicted molar refractivity (Wildman–Crippen MR) is 143 cm³/mol. The quantitative estimate of drug-likeness (QED) is 0.431. The van der Waals surface area contributed by atoms with Gasteiger partial charge in [-0.25, -0.2) is 9.59 Å². The monoisotopic (exact) mass is 499 g/mol. The van der Waals surface area contributed by atoms with Crippen molar-refractivity contribution in [3.05, 3.63) is 101 Å². The van der Waals surface area contributed by atoms with Gasteiger partial charge in [-0.05, 0) is 29.7 Å². The lowest BCUT2D eigenvalue weighted by Crippen LogP contribution is -2.44. The van der Waals surface area contributed by atoms with Crippen molar-refractivity contribution in [3.8, 4) is 0 Å². The highest BCUT2D eigenvalue weighted by Crippen LogP contribution is 2.28. The fraction of sp³-hybridized carbons (Fsp3) is 0.333. The molecule has 5 rings (SSSR count). The largest absolute Gasteiger partial charge is 0.457 e. The van der Waals surface area contributed by atoms with Crippen LogP contribution in [-0.4, -0.2) is 67.7 Å². The fourth-order valence-corrected chi connectivity index (χ4v) is 4.98. The van der Waals surface area contributed by atoms with Crippen LogP contribution >= 0.6 is 0 Å². The van der Waals surface area contributed by atoms with Crippen LogP contribution in [-0.2, 0) is 16.1 Å². The molecule has 0 bridgehead atoms. The molecule has 0 radical (unpaired) electrons. The number of esters is 1. The Bertz CT molecular complexity index is 1160. The van der Waals surface area contributed by atoms with Gasteiger partial charge in [0.25, 0.3) is 0 Å². The van der Waals surface area contributed by atoms with E-state index < -0.39 is 0 Å². The maximum absolute atomic E-state index is 13.5. The molecule has 0 atom stereocenters. The summed E-state index contributed by atoms with van der Waals surface area (Å²) in [5, 5.41) is 3.02. The molecule has 7 heteroatoms. The highest BCUT2D eigenvalue weighted by molar-refractivity contribution is 5.96. The lowest BCUT2D eigenvalue weighted by molar-refractivity contribution is 0.0351. The van der Waals surface area contributed by atoms with Gasteiger partial charge in [-0.15, -0.1) is 0 Å². The second-order valence-corrected chi connectivity index (χ2v) is 9.48. The van der Waals surface area contributed by atoms with Gasteiger partial charge in [0.1, 0.15) is 6.61 Å². The number of hydrogen-bond donors (Lipinski definition) is 1. The number of nitrogens with one attached hydrogen (secondary N) is 1. The van der Waals surface area contributed by atoms with Gasteiger partial charge in [-0.3, -0.25) is 4.90 Å². The van der Waals surface area contributed by atoms with E-state index in [9.17, 15) is 9.59 Å². The van der Waals surface area contributed by atoms with Crippen molar-refractivity contribution in [3.63, 3.8) is 0 Å². The standard InChI is InChI=1S/C30H33N3O4/c34-29-28-21-26(12-11-25(28)22-37-29)31-30(35)33(16-15-32-17-19-36-20-18-32)14-13-27(23-7-3-1-4-8-23)24-9-5-2-6-10-24/h1-12,21,27H,13-20,22H2,(H,31,35). The molecule has 3 aromatic rings. The molecule has 0 aliphatic carbocycles. The summed E-state index contributed by atoms with van der Waals surface area (Å²) in [7, 11) is 0. The van der Waals surface area contributed by atoms with Gasteiger partial charge < -0.3 is 19.7 Å². The van der Waals surface area contributed by atoms with Gasteiger partial charge in [-0.1, -0.05) is 66.7 Å². The number of rotatable bonds is 9. The second kappa shape index (κ2) is 12.0. The number of carbonyl (C=O) groups excluding carboxylic acids is 2. The van der Waals surface area contributed by atoms with Crippen LogP contribution in [0, 0.1) is 0 Å². The van der Waals surface area contributed by atoms with E-state index in [1.165, 1.54) is 11.1 Å². The van der Waals surface area contributed by atoms with E-state index in [0.29, 0.717) is 24.3 Å². The minimum atomic E-state index is -0.344. The van der Waals surface area contributed by atoms with Crippen LogP contribution in [0.25, 0.3) is 0 Å². The Kier molecular flexibility index (Phi) is 8.13. The summed E-state index contributed by atoms with van der Waals surface area (Å²) in [5.74, 6) is -0.167. The highest BCUT2D eigenvalue weighted by atomic mass is 16.5. The normalized spacial score (nSPS) is 15.3. The first kappa shape index (κ1) is 25.0. The molecule has 1 N–H and O–H groups in total. The van der Waals surface area contributed by atoms with E-state index in [4.69, 9.17) is 9.47 Å². The average molecular weight is 500 g/mol. The first-order valence-corrected chi connectivity index (χ1v) is 12.9. The number of cyclic esters (lactones) is 1. The van der Waals surface area contributed by atoms with Crippen LogP contribution in [0.3, 0.4) is 0 Å². The van der Waals surface area contributed by atoms with E-state index in [1.54, 1.807) is 6.07 Å². The number of carbonyl (C=O) groups is 2. The van der Waals surface area contributed by atoms with E-state index >= 15 is 0 Å². The third kappa shape index (κ3) is 6.37. The first-order chi connectivity index (χ1) is 18.2. The Hall–Kier alpha value is -3.68. The number of anilines is 1. The summed E-state index contributed by atoms with van der Waals surface area (Å²) in [4.78, 5) is 29.7. The maximum Gasteiger partial charge on any atom is 0.338 e. The first-order valence-electron chi connectivity index (χ1n) is 12.9. The molecule has 2 amide bonds. The molecule has 37 heavy (non-hydrogen) atoms. The van der Waals surface area contributed by atoms with Crippen LogP contribution < -0.4 is 5.32 Å². The molecule has 2 heterocycles. The Morgan fingerprint density at radius 2 is 1.59 bits per heavy atom. The fourth-order valence-electron chi connectivity index (χ4n) is 4.98. The van der Waals surface area contributed by atoms with E-state index in [-0.39, 0.29) is 24.5 Å². The number of hydrogen-bond acceptors (Lipinski definition) is 5. The van der Waals surface area contributed by atoms with Gasteiger partial charge >= 0.3 is 12.0 Å².